The van der Waals surface area contributed by atoms with Crippen LogP contribution in [0.4, 0.5) is 4.79 Å². The first kappa shape index (κ1) is 18.7. The molecule has 0 spiro atoms. The fraction of sp³-hybridized carbons (Fsp3) is 0.867. The molecule has 118 valence electrons. The Bertz CT molecular complexity index is 344. The van der Waals surface area contributed by atoms with Crippen molar-refractivity contribution < 1.29 is 14.7 Å². The molecule has 2 amide bonds. The minimum atomic E-state index is -0.998. The summed E-state index contributed by atoms with van der Waals surface area (Å²) < 4.78 is 0. The van der Waals surface area contributed by atoms with Gasteiger partial charge in [0.2, 0.25) is 0 Å². The third-order valence-electron chi connectivity index (χ3n) is 2.73. The van der Waals surface area contributed by atoms with Crippen molar-refractivity contribution in [2.45, 2.75) is 72.9 Å². The van der Waals surface area contributed by atoms with Crippen LogP contribution in [-0.2, 0) is 4.79 Å². The molecule has 0 rings (SSSR count). The molecule has 0 aromatic rings. The number of carbonyl (C=O) groups is 2. The average molecular weight is 286 g/mol. The molecule has 20 heavy (non-hydrogen) atoms. The second-order valence-corrected chi connectivity index (χ2v) is 7.74. The maximum Gasteiger partial charge on any atom is 0.326 e. The van der Waals surface area contributed by atoms with Gasteiger partial charge < -0.3 is 15.7 Å². The Labute approximate surface area is 122 Å². The van der Waals surface area contributed by atoms with E-state index in [1.165, 1.54) is 0 Å². The number of carboxylic acid groups (broad SMARTS) is 1. The molecule has 0 aromatic heterocycles. The van der Waals surface area contributed by atoms with Crippen molar-refractivity contribution >= 4 is 12.0 Å². The highest BCUT2D eigenvalue weighted by molar-refractivity contribution is 5.82. The number of hydrogen-bond acceptors (Lipinski definition) is 2. The molecular formula is C15H30N2O3. The lowest BCUT2D eigenvalue weighted by Crippen LogP contribution is -2.54. The van der Waals surface area contributed by atoms with E-state index in [0.717, 1.165) is 6.42 Å². The number of carboxylic acids is 1. The van der Waals surface area contributed by atoms with Gasteiger partial charge in [-0.15, -0.1) is 0 Å². The fourth-order valence-corrected chi connectivity index (χ4v) is 2.56. The number of carbonyl (C=O) groups excluding carboxylic acids is 1. The van der Waals surface area contributed by atoms with Gasteiger partial charge in [0.25, 0.3) is 0 Å². The van der Waals surface area contributed by atoms with E-state index in [0.29, 0.717) is 6.42 Å². The van der Waals surface area contributed by atoms with Crippen molar-refractivity contribution in [3.05, 3.63) is 0 Å². The zero-order valence-electron chi connectivity index (χ0n) is 13.8. The molecule has 0 aliphatic carbocycles. The normalized spacial score (nSPS) is 14.0. The Morgan fingerprint density at radius 1 is 1.10 bits per heavy atom. The van der Waals surface area contributed by atoms with Crippen molar-refractivity contribution in [1.29, 1.82) is 0 Å². The number of urea groups is 1. The molecule has 0 saturated carbocycles. The van der Waals surface area contributed by atoms with Crippen LogP contribution in [0, 0.1) is 11.3 Å². The summed E-state index contributed by atoms with van der Waals surface area (Å²) in [6, 6.07) is -1.27. The highest BCUT2D eigenvalue weighted by atomic mass is 16.4. The lowest BCUT2D eigenvalue weighted by atomic mass is 9.82. The molecule has 5 heteroatoms. The SMILES string of the molecule is CC(C)CC(NC(=O)NC(C)(C)CC(C)(C)C)C(=O)O. The summed E-state index contributed by atoms with van der Waals surface area (Å²) in [6.07, 6.45) is 1.22. The molecule has 1 unspecified atom stereocenters. The van der Waals surface area contributed by atoms with E-state index >= 15 is 0 Å². The fourth-order valence-electron chi connectivity index (χ4n) is 2.56. The molecule has 1 atom stereocenters. The zero-order chi connectivity index (χ0) is 16.1. The van der Waals surface area contributed by atoms with Crippen molar-refractivity contribution in [2.75, 3.05) is 0 Å². The van der Waals surface area contributed by atoms with Gasteiger partial charge in [-0.1, -0.05) is 34.6 Å². The monoisotopic (exact) mass is 286 g/mol. The number of amides is 2. The third kappa shape index (κ3) is 8.77. The second kappa shape index (κ2) is 6.95. The van der Waals surface area contributed by atoms with Crippen molar-refractivity contribution in [1.82, 2.24) is 10.6 Å². The molecule has 5 nitrogen and oxygen atoms in total. The van der Waals surface area contributed by atoms with E-state index in [-0.39, 0.29) is 16.9 Å². The van der Waals surface area contributed by atoms with Crippen molar-refractivity contribution in [3.63, 3.8) is 0 Å². The molecular weight excluding hydrogens is 256 g/mol. The minimum absolute atomic E-state index is 0.0842. The van der Waals surface area contributed by atoms with E-state index in [1.807, 2.05) is 27.7 Å². The summed E-state index contributed by atoms with van der Waals surface area (Å²) in [5.74, 6) is -0.790. The predicted molar refractivity (Wildman–Crippen MR) is 80.7 cm³/mol. The summed E-state index contributed by atoms with van der Waals surface area (Å²) in [6.45, 7) is 14.1. The summed E-state index contributed by atoms with van der Waals surface area (Å²) in [7, 11) is 0. The molecule has 0 fully saturated rings. The Morgan fingerprint density at radius 2 is 1.60 bits per heavy atom. The molecule has 0 aromatic carbocycles. The van der Waals surface area contributed by atoms with Crippen LogP contribution < -0.4 is 10.6 Å². The van der Waals surface area contributed by atoms with E-state index in [9.17, 15) is 9.59 Å². The van der Waals surface area contributed by atoms with Gasteiger partial charge >= 0.3 is 12.0 Å². The summed E-state index contributed by atoms with van der Waals surface area (Å²) in [5, 5.41) is 14.5. The van der Waals surface area contributed by atoms with Crippen LogP contribution in [0.25, 0.3) is 0 Å². The average Bonchev–Trinajstić information content (AvgIpc) is 2.09. The van der Waals surface area contributed by atoms with Gasteiger partial charge in [-0.3, -0.25) is 0 Å². The summed E-state index contributed by atoms with van der Waals surface area (Å²) >= 11 is 0. The standard InChI is InChI=1S/C15H30N2O3/c1-10(2)8-11(12(18)19)16-13(20)17-15(6,7)9-14(3,4)5/h10-11H,8-9H2,1-7H3,(H,18,19)(H2,16,17,20). The lowest BCUT2D eigenvalue weighted by molar-refractivity contribution is -0.139. The van der Waals surface area contributed by atoms with Crippen LogP contribution in [0.3, 0.4) is 0 Å². The molecule has 0 heterocycles. The maximum atomic E-state index is 12.0. The van der Waals surface area contributed by atoms with E-state index in [1.54, 1.807) is 0 Å². The number of hydrogen-bond donors (Lipinski definition) is 3. The second-order valence-electron chi connectivity index (χ2n) is 7.74. The smallest absolute Gasteiger partial charge is 0.326 e. The Balaban J connectivity index is 4.56. The number of aliphatic carboxylic acids is 1. The van der Waals surface area contributed by atoms with Crippen LogP contribution in [0.15, 0.2) is 0 Å². The van der Waals surface area contributed by atoms with E-state index in [2.05, 4.69) is 31.4 Å². The third-order valence-corrected chi connectivity index (χ3v) is 2.73. The lowest BCUT2D eigenvalue weighted by Gasteiger charge is -2.33. The first-order valence-electron chi connectivity index (χ1n) is 7.14. The van der Waals surface area contributed by atoms with Crippen LogP contribution in [0.1, 0.15) is 61.3 Å². The Hall–Kier alpha value is -1.26. The van der Waals surface area contributed by atoms with Gasteiger partial charge in [0.05, 0.1) is 0 Å². The Kier molecular flexibility index (Phi) is 6.51. The molecule has 0 bridgehead atoms. The summed E-state index contributed by atoms with van der Waals surface area (Å²) in [5.41, 5.74) is -0.301. The highest BCUT2D eigenvalue weighted by Gasteiger charge is 2.28. The van der Waals surface area contributed by atoms with Crippen LogP contribution in [-0.4, -0.2) is 28.7 Å². The van der Waals surface area contributed by atoms with Gasteiger partial charge in [-0.2, -0.15) is 0 Å². The van der Waals surface area contributed by atoms with Gasteiger partial charge in [-0.05, 0) is 38.0 Å². The van der Waals surface area contributed by atoms with Crippen molar-refractivity contribution in [3.8, 4) is 0 Å². The first-order valence-corrected chi connectivity index (χ1v) is 7.14. The summed E-state index contributed by atoms with van der Waals surface area (Å²) in [4.78, 5) is 23.1. The van der Waals surface area contributed by atoms with Crippen molar-refractivity contribution in [2.24, 2.45) is 11.3 Å². The molecule has 0 aliphatic rings. The van der Waals surface area contributed by atoms with Crippen LogP contribution in [0.2, 0.25) is 0 Å². The minimum Gasteiger partial charge on any atom is -0.480 e. The zero-order valence-corrected chi connectivity index (χ0v) is 13.8. The van der Waals surface area contributed by atoms with Gasteiger partial charge in [0.1, 0.15) is 6.04 Å². The van der Waals surface area contributed by atoms with Gasteiger partial charge in [-0.25, -0.2) is 9.59 Å². The Morgan fingerprint density at radius 3 is 1.95 bits per heavy atom. The topological polar surface area (TPSA) is 78.4 Å². The van der Waals surface area contributed by atoms with Gasteiger partial charge in [0.15, 0.2) is 0 Å². The largest absolute Gasteiger partial charge is 0.480 e. The number of rotatable bonds is 6. The van der Waals surface area contributed by atoms with E-state index in [4.69, 9.17) is 5.11 Å². The predicted octanol–water partition coefficient (Wildman–Crippen LogP) is 3.00. The molecule has 0 aliphatic heterocycles. The number of nitrogens with one attached hydrogen (secondary N) is 2. The van der Waals surface area contributed by atoms with Crippen LogP contribution in [0.5, 0.6) is 0 Å². The molecule has 0 radical (unpaired) electrons. The quantitative estimate of drug-likeness (QED) is 0.702. The maximum absolute atomic E-state index is 12.0. The highest BCUT2D eigenvalue weighted by Crippen LogP contribution is 2.26. The molecule has 0 saturated heterocycles. The first-order chi connectivity index (χ1) is 8.82. The molecule has 3 N–H and O–H groups in total. The van der Waals surface area contributed by atoms with E-state index < -0.39 is 18.0 Å². The van der Waals surface area contributed by atoms with Gasteiger partial charge in [0, 0.05) is 5.54 Å². The van der Waals surface area contributed by atoms with Crippen LogP contribution >= 0.6 is 0 Å².